The number of carboxylic acid groups (broad SMARTS) is 1. The van der Waals surface area contributed by atoms with Gasteiger partial charge in [0.1, 0.15) is 17.7 Å². The lowest BCUT2D eigenvalue weighted by Crippen LogP contribution is -2.49. The first-order chi connectivity index (χ1) is 11.5. The Balaban J connectivity index is 2.06. The van der Waals surface area contributed by atoms with Crippen LogP contribution in [0.3, 0.4) is 0 Å². The molecule has 0 unspecified atom stereocenters. The standard InChI is InChI=1S/C17H20N2O5/c20-12(21)10-18-16(24)13-14(22)11-6-5-9-19(11)17(15(13)23)7-3-1-2-4-8-17/h5-6,9,22H,1-4,7-8,10H2,(H,18,24)(H,20,21). The Kier molecular flexibility index (Phi) is 4.17. The maximum absolute atomic E-state index is 13.2. The van der Waals surface area contributed by atoms with E-state index < -0.39 is 29.7 Å². The maximum Gasteiger partial charge on any atom is 0.322 e. The molecule has 1 saturated carbocycles. The fraction of sp³-hybridized carbons (Fsp3) is 0.471. The zero-order chi connectivity index (χ0) is 17.3. The van der Waals surface area contributed by atoms with Crippen LogP contribution in [0.5, 0.6) is 0 Å². The molecular weight excluding hydrogens is 312 g/mol. The lowest BCUT2D eigenvalue weighted by molar-refractivity contribution is -0.138. The van der Waals surface area contributed by atoms with Crippen molar-refractivity contribution in [3.05, 3.63) is 29.6 Å². The second kappa shape index (κ2) is 6.14. The molecule has 1 spiro atoms. The number of carbonyl (C=O) groups is 3. The van der Waals surface area contributed by atoms with E-state index in [0.29, 0.717) is 18.5 Å². The summed E-state index contributed by atoms with van der Waals surface area (Å²) >= 11 is 0. The van der Waals surface area contributed by atoms with Gasteiger partial charge in [-0.1, -0.05) is 25.7 Å². The second-order valence-corrected chi connectivity index (χ2v) is 6.34. The van der Waals surface area contributed by atoms with Crippen molar-refractivity contribution in [2.24, 2.45) is 0 Å². The van der Waals surface area contributed by atoms with Gasteiger partial charge in [0.25, 0.3) is 5.91 Å². The Labute approximate surface area is 139 Å². The summed E-state index contributed by atoms with van der Waals surface area (Å²) in [6, 6.07) is 3.41. The highest BCUT2D eigenvalue weighted by Gasteiger charge is 2.48. The summed E-state index contributed by atoms with van der Waals surface area (Å²) in [5, 5.41) is 21.3. The highest BCUT2D eigenvalue weighted by molar-refractivity contribution is 6.27. The van der Waals surface area contributed by atoms with Crippen LogP contribution in [0.1, 0.15) is 44.2 Å². The van der Waals surface area contributed by atoms with E-state index >= 15 is 0 Å². The molecule has 3 rings (SSSR count). The molecule has 0 saturated heterocycles. The third kappa shape index (κ3) is 2.50. The van der Waals surface area contributed by atoms with E-state index in [4.69, 9.17) is 5.11 Å². The summed E-state index contributed by atoms with van der Waals surface area (Å²) in [5.74, 6) is -2.86. The van der Waals surface area contributed by atoms with Crippen molar-refractivity contribution in [1.82, 2.24) is 9.88 Å². The molecule has 3 N–H and O–H groups in total. The van der Waals surface area contributed by atoms with E-state index in [-0.39, 0.29) is 11.3 Å². The van der Waals surface area contributed by atoms with Gasteiger partial charge in [0.15, 0.2) is 11.5 Å². The number of aliphatic carboxylic acids is 1. The number of amides is 1. The third-order valence-electron chi connectivity index (χ3n) is 4.90. The molecule has 1 aromatic heterocycles. The van der Waals surface area contributed by atoms with E-state index in [9.17, 15) is 19.5 Å². The van der Waals surface area contributed by atoms with Gasteiger partial charge >= 0.3 is 5.97 Å². The molecule has 0 aromatic carbocycles. The van der Waals surface area contributed by atoms with Gasteiger partial charge in [0.2, 0.25) is 0 Å². The molecular formula is C17H20N2O5. The minimum absolute atomic E-state index is 0.329. The van der Waals surface area contributed by atoms with Gasteiger partial charge in [-0.3, -0.25) is 14.4 Å². The SMILES string of the molecule is O=C(O)CNC(=O)C1=C(O)c2cccn2C2(CCCCCC2)C1=O. The first-order valence-corrected chi connectivity index (χ1v) is 8.13. The summed E-state index contributed by atoms with van der Waals surface area (Å²) in [7, 11) is 0. The van der Waals surface area contributed by atoms with Crippen LogP contribution in [0.2, 0.25) is 0 Å². The molecule has 7 nitrogen and oxygen atoms in total. The first kappa shape index (κ1) is 16.3. The van der Waals surface area contributed by atoms with Crippen molar-refractivity contribution in [2.45, 2.75) is 44.1 Å². The largest absolute Gasteiger partial charge is 0.505 e. The van der Waals surface area contributed by atoms with Crippen LogP contribution in [-0.4, -0.2) is 39.0 Å². The van der Waals surface area contributed by atoms with Gasteiger partial charge in [0.05, 0.1) is 5.69 Å². The van der Waals surface area contributed by atoms with Crippen LogP contribution in [-0.2, 0) is 19.9 Å². The van der Waals surface area contributed by atoms with Gasteiger partial charge in [-0.2, -0.15) is 0 Å². The number of nitrogens with zero attached hydrogens (tertiary/aromatic N) is 1. The molecule has 1 aliphatic carbocycles. The number of ketones is 1. The summed E-state index contributed by atoms with van der Waals surface area (Å²) in [6.07, 6.45) is 6.78. The minimum atomic E-state index is -1.21. The van der Waals surface area contributed by atoms with E-state index in [1.807, 2.05) is 0 Å². The van der Waals surface area contributed by atoms with Gasteiger partial charge in [-0.05, 0) is 25.0 Å². The number of aromatic nitrogens is 1. The lowest BCUT2D eigenvalue weighted by Gasteiger charge is -2.38. The molecule has 24 heavy (non-hydrogen) atoms. The fourth-order valence-corrected chi connectivity index (χ4v) is 3.76. The molecule has 128 valence electrons. The topological polar surface area (TPSA) is 109 Å². The number of nitrogens with one attached hydrogen (secondary N) is 1. The summed E-state index contributed by atoms with van der Waals surface area (Å²) < 4.78 is 1.78. The smallest absolute Gasteiger partial charge is 0.322 e. The fourth-order valence-electron chi connectivity index (χ4n) is 3.76. The molecule has 0 atom stereocenters. The number of carboxylic acids is 1. The Bertz CT molecular complexity index is 723. The molecule has 1 amide bonds. The molecule has 1 aliphatic heterocycles. The molecule has 1 fully saturated rings. The lowest BCUT2D eigenvalue weighted by atomic mass is 9.78. The van der Waals surface area contributed by atoms with E-state index in [2.05, 4.69) is 5.32 Å². The molecule has 2 heterocycles. The average molecular weight is 332 g/mol. The number of Topliss-reactive ketones (excluding diaryl/α,β-unsaturated/α-hetero) is 1. The number of hydrogen-bond acceptors (Lipinski definition) is 4. The van der Waals surface area contributed by atoms with Gasteiger partial charge in [0, 0.05) is 6.20 Å². The van der Waals surface area contributed by atoms with Crippen molar-refractivity contribution in [1.29, 1.82) is 0 Å². The van der Waals surface area contributed by atoms with Crippen molar-refractivity contribution < 1.29 is 24.6 Å². The second-order valence-electron chi connectivity index (χ2n) is 6.34. The number of carbonyl (C=O) groups excluding carboxylic acids is 2. The van der Waals surface area contributed by atoms with E-state index in [1.165, 1.54) is 0 Å². The first-order valence-electron chi connectivity index (χ1n) is 8.13. The summed E-state index contributed by atoms with van der Waals surface area (Å²) in [4.78, 5) is 36.2. The highest BCUT2D eigenvalue weighted by Crippen LogP contribution is 2.42. The van der Waals surface area contributed by atoms with Crippen molar-refractivity contribution in [3.63, 3.8) is 0 Å². The zero-order valence-corrected chi connectivity index (χ0v) is 13.2. The number of hydrogen-bond donors (Lipinski definition) is 3. The zero-order valence-electron chi connectivity index (χ0n) is 13.2. The average Bonchev–Trinajstić information content (AvgIpc) is 2.91. The number of fused-ring (bicyclic) bond motifs is 2. The molecule has 0 radical (unpaired) electrons. The molecule has 2 aliphatic rings. The number of rotatable bonds is 3. The monoisotopic (exact) mass is 332 g/mol. The van der Waals surface area contributed by atoms with Crippen molar-refractivity contribution in [3.8, 4) is 0 Å². The quantitative estimate of drug-likeness (QED) is 0.728. The van der Waals surface area contributed by atoms with Crippen LogP contribution in [0.25, 0.3) is 5.76 Å². The Hall–Kier alpha value is -2.57. The predicted molar refractivity (Wildman–Crippen MR) is 85.3 cm³/mol. The minimum Gasteiger partial charge on any atom is -0.505 e. The Morgan fingerprint density at radius 2 is 1.88 bits per heavy atom. The summed E-state index contributed by atoms with van der Waals surface area (Å²) in [5.41, 5.74) is -0.765. The highest BCUT2D eigenvalue weighted by atomic mass is 16.4. The molecule has 7 heteroatoms. The predicted octanol–water partition coefficient (Wildman–Crippen LogP) is 1.59. The van der Waals surface area contributed by atoms with E-state index in [0.717, 1.165) is 25.7 Å². The third-order valence-corrected chi connectivity index (χ3v) is 4.90. The van der Waals surface area contributed by atoms with E-state index in [1.54, 1.807) is 22.9 Å². The maximum atomic E-state index is 13.2. The number of aliphatic hydroxyl groups excluding tert-OH is 1. The van der Waals surface area contributed by atoms with Crippen LogP contribution in [0.15, 0.2) is 23.9 Å². The van der Waals surface area contributed by atoms with Gasteiger partial charge in [-0.15, -0.1) is 0 Å². The molecule has 1 aromatic rings. The molecule has 0 bridgehead atoms. The van der Waals surface area contributed by atoms with Crippen LogP contribution in [0, 0.1) is 0 Å². The van der Waals surface area contributed by atoms with Crippen LogP contribution >= 0.6 is 0 Å². The van der Waals surface area contributed by atoms with Crippen LogP contribution < -0.4 is 5.32 Å². The number of aliphatic hydroxyl groups is 1. The Morgan fingerprint density at radius 3 is 2.50 bits per heavy atom. The van der Waals surface area contributed by atoms with Gasteiger partial charge in [-0.25, -0.2) is 0 Å². The Morgan fingerprint density at radius 1 is 1.21 bits per heavy atom. The van der Waals surface area contributed by atoms with Crippen molar-refractivity contribution in [2.75, 3.05) is 6.54 Å². The summed E-state index contributed by atoms with van der Waals surface area (Å²) in [6.45, 7) is -0.600. The normalized spacial score (nSPS) is 19.8. The van der Waals surface area contributed by atoms with Crippen molar-refractivity contribution >= 4 is 23.4 Å². The van der Waals surface area contributed by atoms with Gasteiger partial charge < -0.3 is 20.1 Å². The van der Waals surface area contributed by atoms with Crippen LogP contribution in [0.4, 0.5) is 0 Å².